The van der Waals surface area contributed by atoms with Crippen LogP contribution in [0, 0.1) is 10.1 Å². The summed E-state index contributed by atoms with van der Waals surface area (Å²) in [5.74, 6) is -0.745. The predicted molar refractivity (Wildman–Crippen MR) is 151 cm³/mol. The van der Waals surface area contributed by atoms with Gasteiger partial charge in [-0.3, -0.25) is 19.7 Å². The van der Waals surface area contributed by atoms with E-state index in [1.807, 2.05) is 42.5 Å². The van der Waals surface area contributed by atoms with Gasteiger partial charge in [-0.15, -0.1) is 0 Å². The summed E-state index contributed by atoms with van der Waals surface area (Å²) >= 11 is 0. The van der Waals surface area contributed by atoms with Crippen molar-refractivity contribution in [2.45, 2.75) is 32.9 Å². The van der Waals surface area contributed by atoms with Gasteiger partial charge in [-0.25, -0.2) is 4.79 Å². The Morgan fingerprint density at radius 1 is 0.975 bits per heavy atom. The topological polar surface area (TPSA) is 152 Å². The minimum Gasteiger partial charge on any atom is -0.444 e. The van der Waals surface area contributed by atoms with Crippen LogP contribution >= 0.6 is 0 Å². The average Bonchev–Trinajstić information content (AvgIpc) is 3.24. The molecule has 1 heterocycles. The van der Waals surface area contributed by atoms with E-state index in [1.54, 1.807) is 32.9 Å². The molecular weight excluding hydrogens is 514 g/mol. The second kappa shape index (κ2) is 11.7. The highest BCUT2D eigenvalue weighted by atomic mass is 16.6. The van der Waals surface area contributed by atoms with Gasteiger partial charge in [0.05, 0.1) is 16.2 Å². The fourth-order valence-electron chi connectivity index (χ4n) is 3.98. The van der Waals surface area contributed by atoms with Crippen molar-refractivity contribution in [3.63, 3.8) is 0 Å². The molecule has 3 aromatic rings. The number of carbonyl (C=O) groups is 3. The third kappa shape index (κ3) is 7.01. The molecule has 1 aliphatic heterocycles. The molecule has 206 valence electrons. The van der Waals surface area contributed by atoms with E-state index in [9.17, 15) is 24.5 Å². The summed E-state index contributed by atoms with van der Waals surface area (Å²) in [5.41, 5.74) is 3.14. The Morgan fingerprint density at radius 2 is 1.68 bits per heavy atom. The van der Waals surface area contributed by atoms with Gasteiger partial charge in [0.25, 0.3) is 11.6 Å². The smallest absolute Gasteiger partial charge is 0.408 e. The largest absolute Gasteiger partial charge is 0.444 e. The second-order valence-electron chi connectivity index (χ2n) is 10.0. The number of alkyl carbamates (subject to hydrolysis) is 1. The number of hydrogen-bond donors (Lipinski definition) is 4. The van der Waals surface area contributed by atoms with E-state index in [0.29, 0.717) is 28.2 Å². The Kier molecular flexibility index (Phi) is 8.13. The number of nitrogens with one attached hydrogen (secondary N) is 4. The first-order chi connectivity index (χ1) is 19.0. The molecule has 3 aromatic carbocycles. The summed E-state index contributed by atoms with van der Waals surface area (Å²) in [4.78, 5) is 47.8. The van der Waals surface area contributed by atoms with E-state index < -0.39 is 16.6 Å². The van der Waals surface area contributed by atoms with Crippen LogP contribution in [0.1, 0.15) is 37.5 Å². The van der Waals surface area contributed by atoms with Crippen molar-refractivity contribution in [3.05, 3.63) is 99.6 Å². The maximum absolute atomic E-state index is 13.0. The average molecular weight is 544 g/mol. The lowest BCUT2D eigenvalue weighted by molar-refractivity contribution is -0.384. The number of ether oxygens (including phenoxy) is 1. The minimum absolute atomic E-state index is 0.118. The van der Waals surface area contributed by atoms with Gasteiger partial charge in [-0.05, 0) is 50.1 Å². The zero-order valence-corrected chi connectivity index (χ0v) is 22.2. The fourth-order valence-corrected chi connectivity index (χ4v) is 3.98. The molecule has 0 aliphatic carbocycles. The highest BCUT2D eigenvalue weighted by molar-refractivity contribution is 6.37. The molecule has 4 rings (SSSR count). The van der Waals surface area contributed by atoms with Crippen molar-refractivity contribution < 1.29 is 24.0 Å². The zero-order valence-electron chi connectivity index (χ0n) is 22.2. The van der Waals surface area contributed by atoms with Crippen LogP contribution in [-0.2, 0) is 20.9 Å². The van der Waals surface area contributed by atoms with Crippen LogP contribution in [0.2, 0.25) is 0 Å². The van der Waals surface area contributed by atoms with Crippen molar-refractivity contribution in [1.82, 2.24) is 10.6 Å². The number of rotatable bonds is 8. The van der Waals surface area contributed by atoms with Crippen molar-refractivity contribution in [1.29, 1.82) is 0 Å². The van der Waals surface area contributed by atoms with Crippen molar-refractivity contribution in [2.75, 3.05) is 17.2 Å². The Balaban J connectivity index is 1.50. The van der Waals surface area contributed by atoms with Crippen molar-refractivity contribution in [2.24, 2.45) is 0 Å². The normalized spacial score (nSPS) is 13.5. The lowest BCUT2D eigenvalue weighted by Gasteiger charge is -2.19. The molecule has 40 heavy (non-hydrogen) atoms. The van der Waals surface area contributed by atoms with Crippen LogP contribution in [0.3, 0.4) is 0 Å². The highest BCUT2D eigenvalue weighted by Crippen LogP contribution is 2.39. The van der Waals surface area contributed by atoms with Gasteiger partial charge in [0.15, 0.2) is 0 Å². The van der Waals surface area contributed by atoms with Gasteiger partial charge in [0, 0.05) is 35.6 Å². The Bertz CT molecular complexity index is 1480. The summed E-state index contributed by atoms with van der Waals surface area (Å²) in [6.45, 7) is 5.22. The molecule has 0 aromatic heterocycles. The van der Waals surface area contributed by atoms with Gasteiger partial charge in [0.1, 0.15) is 12.1 Å². The Morgan fingerprint density at radius 3 is 2.33 bits per heavy atom. The molecule has 11 heteroatoms. The number of amides is 3. The SMILES string of the molecule is CC(C)(C)OC(=O)NCC(=O)NCc1ccc(N/C(=C2\C(=O)Nc3ccc([N+](=O)[O-])cc32)c2ccccc2)cc1. The van der Waals surface area contributed by atoms with Crippen molar-refractivity contribution in [3.8, 4) is 0 Å². The highest BCUT2D eigenvalue weighted by Gasteiger charge is 2.30. The predicted octanol–water partition coefficient (Wildman–Crippen LogP) is 4.67. The maximum atomic E-state index is 13.0. The summed E-state index contributed by atoms with van der Waals surface area (Å²) in [7, 11) is 0. The standard InChI is InChI=1S/C29H29N5O6/c1-29(2,3)40-28(37)31-17-24(35)30-16-18-9-11-20(12-10-18)32-26(19-7-5-4-6-8-19)25-22-15-21(34(38)39)13-14-23(22)33-27(25)36/h4-15,32H,16-17H2,1-3H3,(H,30,35)(H,31,37)(H,33,36)/b26-25-. The number of fused-ring (bicyclic) bond motifs is 1. The number of non-ortho nitro benzene ring substituents is 1. The molecule has 4 N–H and O–H groups in total. The van der Waals surface area contributed by atoms with E-state index in [1.165, 1.54) is 18.2 Å². The van der Waals surface area contributed by atoms with Gasteiger partial charge in [0.2, 0.25) is 5.91 Å². The molecule has 0 bridgehead atoms. The third-order valence-corrected chi connectivity index (χ3v) is 5.78. The van der Waals surface area contributed by atoms with E-state index in [4.69, 9.17) is 4.74 Å². The summed E-state index contributed by atoms with van der Waals surface area (Å²) < 4.78 is 5.11. The lowest BCUT2D eigenvalue weighted by Crippen LogP contribution is -2.39. The number of benzene rings is 3. The number of nitro benzene ring substituents is 1. The molecule has 0 unspecified atom stereocenters. The van der Waals surface area contributed by atoms with Crippen LogP contribution in [0.15, 0.2) is 72.8 Å². The van der Waals surface area contributed by atoms with Gasteiger partial charge in [-0.2, -0.15) is 0 Å². The number of nitro groups is 1. The monoisotopic (exact) mass is 543 g/mol. The second-order valence-corrected chi connectivity index (χ2v) is 10.0. The molecule has 0 fully saturated rings. The van der Waals surface area contributed by atoms with Gasteiger partial charge >= 0.3 is 6.09 Å². The molecule has 0 saturated carbocycles. The molecule has 11 nitrogen and oxygen atoms in total. The number of anilines is 2. The molecule has 0 saturated heterocycles. The minimum atomic E-state index is -0.672. The van der Waals surface area contributed by atoms with Crippen LogP contribution in [0.5, 0.6) is 0 Å². The third-order valence-electron chi connectivity index (χ3n) is 5.78. The first-order valence-corrected chi connectivity index (χ1v) is 12.5. The molecular formula is C29H29N5O6. The molecule has 0 spiro atoms. The number of hydrogen-bond acceptors (Lipinski definition) is 7. The summed E-state index contributed by atoms with van der Waals surface area (Å²) in [6.07, 6.45) is -0.672. The maximum Gasteiger partial charge on any atom is 0.408 e. The zero-order chi connectivity index (χ0) is 28.9. The summed E-state index contributed by atoms with van der Waals surface area (Å²) in [6, 6.07) is 20.7. The summed E-state index contributed by atoms with van der Waals surface area (Å²) in [5, 5.41) is 22.6. The number of carbonyl (C=O) groups excluding carboxylic acids is 3. The van der Waals surface area contributed by atoms with E-state index >= 15 is 0 Å². The van der Waals surface area contributed by atoms with E-state index in [0.717, 1.165) is 11.1 Å². The van der Waals surface area contributed by atoms with Gasteiger partial charge in [-0.1, -0.05) is 42.5 Å². The van der Waals surface area contributed by atoms with Crippen LogP contribution < -0.4 is 21.3 Å². The van der Waals surface area contributed by atoms with Crippen molar-refractivity contribution >= 4 is 46.2 Å². The van der Waals surface area contributed by atoms with Crippen LogP contribution in [0.25, 0.3) is 11.3 Å². The number of nitrogens with zero attached hydrogens (tertiary/aromatic N) is 1. The van der Waals surface area contributed by atoms with Gasteiger partial charge < -0.3 is 26.0 Å². The first-order valence-electron chi connectivity index (χ1n) is 12.5. The van der Waals surface area contributed by atoms with Crippen LogP contribution in [-0.4, -0.2) is 35.0 Å². The molecule has 0 atom stereocenters. The fraction of sp³-hybridized carbons (Fsp3) is 0.207. The Hall–Kier alpha value is -5.19. The first kappa shape index (κ1) is 27.8. The molecule has 3 amide bonds. The molecule has 0 radical (unpaired) electrons. The quantitative estimate of drug-likeness (QED) is 0.183. The Labute approximate surface area is 230 Å². The van der Waals surface area contributed by atoms with Crippen LogP contribution in [0.4, 0.5) is 21.9 Å². The van der Waals surface area contributed by atoms with E-state index in [-0.39, 0.29) is 30.6 Å². The lowest BCUT2D eigenvalue weighted by atomic mass is 9.99. The van der Waals surface area contributed by atoms with E-state index in [2.05, 4.69) is 21.3 Å². The molecule has 1 aliphatic rings.